The maximum absolute atomic E-state index is 8.75. The predicted octanol–water partition coefficient (Wildman–Crippen LogP) is 2.08. The van der Waals surface area contributed by atoms with E-state index in [4.69, 9.17) is 21.6 Å². The van der Waals surface area contributed by atoms with Crippen molar-refractivity contribution in [3.05, 3.63) is 0 Å². The van der Waals surface area contributed by atoms with E-state index in [1.165, 1.54) is 0 Å². The number of nitrogens with zero attached hydrogens (tertiary/aromatic N) is 1. The van der Waals surface area contributed by atoms with E-state index in [-0.39, 0.29) is 5.60 Å². The predicted molar refractivity (Wildman–Crippen MR) is 43.5 cm³/mol. The summed E-state index contributed by atoms with van der Waals surface area (Å²) in [5.74, 6) is 0. The van der Waals surface area contributed by atoms with E-state index in [1.54, 1.807) is 0 Å². The molecule has 0 aromatic rings. The number of hydrogen-bond acceptors (Lipinski definition) is 2. The summed E-state index contributed by atoms with van der Waals surface area (Å²) in [5, 5.41) is 8.75. The van der Waals surface area contributed by atoms with Crippen LogP contribution in [0.1, 0.15) is 26.7 Å². The van der Waals surface area contributed by atoms with Crippen molar-refractivity contribution < 1.29 is 4.74 Å². The topological polar surface area (TPSA) is 33.0 Å². The molecule has 0 amide bonds. The Labute approximate surface area is 72.1 Å². The van der Waals surface area contributed by atoms with E-state index in [9.17, 15) is 0 Å². The van der Waals surface area contributed by atoms with E-state index in [2.05, 4.69) is 6.07 Å². The molecular formula is C8H12ClNO. The van der Waals surface area contributed by atoms with Crippen molar-refractivity contribution in [2.75, 3.05) is 6.61 Å². The normalized spacial score (nSPS) is 36.2. The van der Waals surface area contributed by atoms with Gasteiger partial charge in [-0.2, -0.15) is 5.26 Å². The SMILES string of the molecule is CC1(C)CC(Cl)(C#N)CCO1. The van der Waals surface area contributed by atoms with Crippen LogP contribution in [0.5, 0.6) is 0 Å². The number of ether oxygens (including phenoxy) is 1. The van der Waals surface area contributed by atoms with Crippen LogP contribution < -0.4 is 0 Å². The fourth-order valence-electron chi connectivity index (χ4n) is 1.40. The Balaban J connectivity index is 2.69. The van der Waals surface area contributed by atoms with Crippen molar-refractivity contribution in [3.63, 3.8) is 0 Å². The van der Waals surface area contributed by atoms with Gasteiger partial charge in [-0.3, -0.25) is 0 Å². The molecule has 2 nitrogen and oxygen atoms in total. The summed E-state index contributed by atoms with van der Waals surface area (Å²) < 4.78 is 5.43. The molecule has 0 bridgehead atoms. The number of nitriles is 1. The van der Waals surface area contributed by atoms with Gasteiger partial charge in [-0.25, -0.2) is 0 Å². The highest BCUT2D eigenvalue weighted by Crippen LogP contribution is 2.36. The molecule has 0 aliphatic carbocycles. The molecular weight excluding hydrogens is 162 g/mol. The minimum Gasteiger partial charge on any atom is -0.375 e. The number of halogens is 1. The highest BCUT2D eigenvalue weighted by atomic mass is 35.5. The summed E-state index contributed by atoms with van der Waals surface area (Å²) in [5.41, 5.74) is -0.240. The second kappa shape index (κ2) is 2.66. The van der Waals surface area contributed by atoms with Gasteiger partial charge in [-0.15, -0.1) is 11.6 Å². The Morgan fingerprint density at radius 3 is 2.55 bits per heavy atom. The van der Waals surface area contributed by atoms with E-state index in [0.717, 1.165) is 0 Å². The molecule has 0 N–H and O–H groups in total. The van der Waals surface area contributed by atoms with Crippen LogP contribution in [0.25, 0.3) is 0 Å². The van der Waals surface area contributed by atoms with Crippen LogP contribution in [0.3, 0.4) is 0 Å². The van der Waals surface area contributed by atoms with Crippen molar-refractivity contribution in [1.29, 1.82) is 5.26 Å². The molecule has 1 fully saturated rings. The second-order valence-electron chi connectivity index (χ2n) is 3.61. The smallest absolute Gasteiger partial charge is 0.136 e. The molecule has 1 saturated heterocycles. The first-order valence-electron chi connectivity index (χ1n) is 3.72. The van der Waals surface area contributed by atoms with Crippen molar-refractivity contribution in [1.82, 2.24) is 0 Å². The van der Waals surface area contributed by atoms with Crippen molar-refractivity contribution in [2.24, 2.45) is 0 Å². The van der Waals surface area contributed by atoms with E-state index >= 15 is 0 Å². The van der Waals surface area contributed by atoms with Gasteiger partial charge in [0.1, 0.15) is 4.87 Å². The zero-order chi connectivity index (χ0) is 8.54. The van der Waals surface area contributed by atoms with Crippen LogP contribution in [0.15, 0.2) is 0 Å². The molecule has 0 aromatic carbocycles. The molecule has 11 heavy (non-hydrogen) atoms. The van der Waals surface area contributed by atoms with Gasteiger partial charge in [0.05, 0.1) is 11.7 Å². The monoisotopic (exact) mass is 173 g/mol. The lowest BCUT2D eigenvalue weighted by molar-refractivity contribution is -0.0580. The number of hydrogen-bond donors (Lipinski definition) is 0. The molecule has 1 aliphatic heterocycles. The first-order valence-corrected chi connectivity index (χ1v) is 4.09. The van der Waals surface area contributed by atoms with Gasteiger partial charge < -0.3 is 4.74 Å². The summed E-state index contributed by atoms with van der Waals surface area (Å²) in [6.07, 6.45) is 1.24. The lowest BCUT2D eigenvalue weighted by atomic mass is 9.89. The van der Waals surface area contributed by atoms with E-state index in [0.29, 0.717) is 19.4 Å². The van der Waals surface area contributed by atoms with Crippen LogP contribution in [0.4, 0.5) is 0 Å². The molecule has 62 valence electrons. The van der Waals surface area contributed by atoms with Gasteiger partial charge in [0.25, 0.3) is 0 Å². The largest absolute Gasteiger partial charge is 0.375 e. The van der Waals surface area contributed by atoms with Crippen LogP contribution >= 0.6 is 11.6 Å². The minimum atomic E-state index is -0.693. The van der Waals surface area contributed by atoms with Crippen LogP contribution in [-0.2, 0) is 4.74 Å². The Kier molecular flexibility index (Phi) is 2.13. The van der Waals surface area contributed by atoms with Crippen molar-refractivity contribution >= 4 is 11.6 Å². The highest BCUT2D eigenvalue weighted by molar-refractivity contribution is 6.25. The van der Waals surface area contributed by atoms with Crippen LogP contribution in [0.2, 0.25) is 0 Å². The Bertz CT molecular complexity index is 197. The number of alkyl halides is 1. The maximum Gasteiger partial charge on any atom is 0.136 e. The van der Waals surface area contributed by atoms with Gasteiger partial charge in [0, 0.05) is 19.4 Å². The first kappa shape index (κ1) is 8.83. The third-order valence-electron chi connectivity index (χ3n) is 1.90. The first-order chi connectivity index (χ1) is 4.97. The minimum absolute atomic E-state index is 0.240. The van der Waals surface area contributed by atoms with Gasteiger partial charge in [0.2, 0.25) is 0 Å². The Hall–Kier alpha value is -0.260. The summed E-state index contributed by atoms with van der Waals surface area (Å²) in [4.78, 5) is -0.693. The van der Waals surface area contributed by atoms with Gasteiger partial charge in [0.15, 0.2) is 0 Å². The Morgan fingerprint density at radius 1 is 1.55 bits per heavy atom. The molecule has 1 heterocycles. The van der Waals surface area contributed by atoms with Crippen LogP contribution in [0, 0.1) is 11.3 Å². The molecule has 0 saturated carbocycles. The molecule has 1 aliphatic rings. The average molecular weight is 174 g/mol. The summed E-state index contributed by atoms with van der Waals surface area (Å²) in [7, 11) is 0. The molecule has 0 radical (unpaired) electrons. The molecule has 0 aromatic heterocycles. The third-order valence-corrected chi connectivity index (χ3v) is 2.30. The van der Waals surface area contributed by atoms with E-state index < -0.39 is 4.87 Å². The van der Waals surface area contributed by atoms with Gasteiger partial charge in [-0.05, 0) is 13.8 Å². The molecule has 0 spiro atoms. The molecule has 1 rings (SSSR count). The fourth-order valence-corrected chi connectivity index (χ4v) is 1.80. The quantitative estimate of drug-likeness (QED) is 0.526. The third kappa shape index (κ3) is 2.08. The standard InChI is InChI=1S/C8H12ClNO/c1-7(2)5-8(9,6-10)3-4-11-7/h3-5H2,1-2H3. The molecule has 3 heteroatoms. The van der Waals surface area contributed by atoms with Crippen molar-refractivity contribution in [2.45, 2.75) is 37.2 Å². The zero-order valence-electron chi connectivity index (χ0n) is 6.85. The van der Waals surface area contributed by atoms with Gasteiger partial charge >= 0.3 is 0 Å². The molecule has 1 unspecified atom stereocenters. The average Bonchev–Trinajstić information content (AvgIpc) is 1.85. The zero-order valence-corrected chi connectivity index (χ0v) is 7.61. The van der Waals surface area contributed by atoms with E-state index in [1.807, 2.05) is 13.8 Å². The number of rotatable bonds is 0. The van der Waals surface area contributed by atoms with Crippen LogP contribution in [-0.4, -0.2) is 17.1 Å². The summed E-state index contributed by atoms with van der Waals surface area (Å²) in [6.45, 7) is 4.51. The summed E-state index contributed by atoms with van der Waals surface area (Å²) in [6, 6.07) is 2.12. The fraction of sp³-hybridized carbons (Fsp3) is 0.875. The van der Waals surface area contributed by atoms with Gasteiger partial charge in [-0.1, -0.05) is 0 Å². The summed E-state index contributed by atoms with van der Waals surface area (Å²) >= 11 is 6.00. The van der Waals surface area contributed by atoms with Crippen molar-refractivity contribution in [3.8, 4) is 6.07 Å². The highest BCUT2D eigenvalue weighted by Gasteiger charge is 2.39. The lowest BCUT2D eigenvalue weighted by Crippen LogP contribution is -2.41. The lowest BCUT2D eigenvalue weighted by Gasteiger charge is -2.36. The maximum atomic E-state index is 8.75. The second-order valence-corrected chi connectivity index (χ2v) is 4.34. The molecule has 1 atom stereocenters. The Morgan fingerprint density at radius 2 is 2.18 bits per heavy atom.